The second kappa shape index (κ2) is 3.94. The molecular weight excluding hydrogens is 168 g/mol. The second-order valence-corrected chi connectivity index (χ2v) is 2.76. The summed E-state index contributed by atoms with van der Waals surface area (Å²) < 4.78 is 9.81. The highest BCUT2D eigenvalue weighted by Gasteiger charge is 2.03. The van der Waals surface area contributed by atoms with Crippen LogP contribution in [0.3, 0.4) is 0 Å². The Morgan fingerprint density at radius 1 is 1.54 bits per heavy atom. The van der Waals surface area contributed by atoms with Crippen molar-refractivity contribution in [1.82, 2.24) is 0 Å². The topological polar surface area (TPSA) is 39.4 Å². The smallest absolute Gasteiger partial charge is 0.330 e. The summed E-state index contributed by atoms with van der Waals surface area (Å²) in [5, 5.41) is 0. The minimum absolute atomic E-state index is 0.369. The van der Waals surface area contributed by atoms with Crippen LogP contribution in [0.15, 0.2) is 22.6 Å². The van der Waals surface area contributed by atoms with Gasteiger partial charge in [0.15, 0.2) is 0 Å². The van der Waals surface area contributed by atoms with E-state index in [0.29, 0.717) is 5.76 Å². The summed E-state index contributed by atoms with van der Waals surface area (Å²) in [6, 6.07) is 3.67. The van der Waals surface area contributed by atoms with Gasteiger partial charge in [0, 0.05) is 6.08 Å². The number of esters is 1. The molecule has 0 aliphatic rings. The maximum Gasteiger partial charge on any atom is 0.330 e. The molecule has 0 fully saturated rings. The van der Waals surface area contributed by atoms with Crippen LogP contribution in [0.2, 0.25) is 0 Å². The van der Waals surface area contributed by atoms with E-state index in [1.54, 1.807) is 6.92 Å². The van der Waals surface area contributed by atoms with Gasteiger partial charge < -0.3 is 9.15 Å². The second-order valence-electron chi connectivity index (χ2n) is 2.76. The number of methoxy groups -OCH3 is 1. The van der Waals surface area contributed by atoms with Gasteiger partial charge in [-0.15, -0.1) is 0 Å². The molecule has 1 aromatic rings. The zero-order chi connectivity index (χ0) is 9.84. The number of furan rings is 1. The maximum absolute atomic E-state index is 10.9. The fourth-order valence-corrected chi connectivity index (χ4v) is 0.953. The van der Waals surface area contributed by atoms with Gasteiger partial charge >= 0.3 is 5.97 Å². The third-order valence-corrected chi connectivity index (χ3v) is 1.66. The molecule has 1 aromatic heterocycles. The number of carbonyl (C=O) groups excluding carboxylic acids is 1. The van der Waals surface area contributed by atoms with Crippen LogP contribution in [0.4, 0.5) is 0 Å². The molecule has 0 unspecified atom stereocenters. The summed E-state index contributed by atoms with van der Waals surface area (Å²) in [4.78, 5) is 10.9. The largest absolute Gasteiger partial charge is 0.466 e. The summed E-state index contributed by atoms with van der Waals surface area (Å²) >= 11 is 0. The van der Waals surface area contributed by atoms with Crippen molar-refractivity contribution >= 4 is 11.5 Å². The minimum atomic E-state index is -0.369. The lowest BCUT2D eigenvalue weighted by Gasteiger charge is -1.95. The lowest BCUT2D eigenvalue weighted by atomic mass is 10.2. The normalized spacial score (nSPS) is 11.5. The van der Waals surface area contributed by atoms with Gasteiger partial charge in [0.2, 0.25) is 0 Å². The number of aryl methyl sites for hydroxylation is 1. The number of carbonyl (C=O) groups is 1. The van der Waals surface area contributed by atoms with Gasteiger partial charge in [-0.05, 0) is 31.6 Å². The van der Waals surface area contributed by atoms with E-state index in [4.69, 9.17) is 4.42 Å². The highest BCUT2D eigenvalue weighted by atomic mass is 16.5. The Morgan fingerprint density at radius 2 is 2.23 bits per heavy atom. The summed E-state index contributed by atoms with van der Waals surface area (Å²) in [5.74, 6) is 1.15. The van der Waals surface area contributed by atoms with Crippen molar-refractivity contribution in [2.45, 2.75) is 13.8 Å². The quantitative estimate of drug-likeness (QED) is 0.517. The van der Waals surface area contributed by atoms with E-state index >= 15 is 0 Å². The van der Waals surface area contributed by atoms with E-state index in [0.717, 1.165) is 11.3 Å². The van der Waals surface area contributed by atoms with Crippen LogP contribution in [0.25, 0.3) is 5.57 Å². The molecule has 0 aromatic carbocycles. The molecule has 1 heterocycles. The minimum Gasteiger partial charge on any atom is -0.466 e. The number of hydrogen-bond acceptors (Lipinski definition) is 3. The Morgan fingerprint density at radius 3 is 2.69 bits per heavy atom. The van der Waals surface area contributed by atoms with E-state index < -0.39 is 0 Å². The molecule has 3 nitrogen and oxygen atoms in total. The molecule has 0 aliphatic heterocycles. The van der Waals surface area contributed by atoms with E-state index in [-0.39, 0.29) is 5.97 Å². The Hall–Kier alpha value is -1.51. The molecule has 0 amide bonds. The fourth-order valence-electron chi connectivity index (χ4n) is 0.953. The summed E-state index contributed by atoms with van der Waals surface area (Å²) in [6.07, 6.45) is 1.40. The van der Waals surface area contributed by atoms with Gasteiger partial charge in [0.25, 0.3) is 0 Å². The first-order valence-corrected chi connectivity index (χ1v) is 3.96. The molecule has 0 atom stereocenters. The molecule has 70 valence electrons. The summed E-state index contributed by atoms with van der Waals surface area (Å²) in [7, 11) is 1.35. The highest BCUT2D eigenvalue weighted by molar-refractivity contribution is 5.90. The Balaban J connectivity index is 2.84. The van der Waals surface area contributed by atoms with Crippen LogP contribution in [0.5, 0.6) is 0 Å². The molecule has 0 aliphatic carbocycles. The van der Waals surface area contributed by atoms with E-state index in [9.17, 15) is 4.79 Å². The zero-order valence-electron chi connectivity index (χ0n) is 7.96. The van der Waals surface area contributed by atoms with E-state index in [1.165, 1.54) is 13.2 Å². The molecule has 0 spiro atoms. The van der Waals surface area contributed by atoms with Crippen LogP contribution in [0.1, 0.15) is 18.4 Å². The van der Waals surface area contributed by atoms with E-state index in [2.05, 4.69) is 4.74 Å². The molecule has 0 saturated heterocycles. The third-order valence-electron chi connectivity index (χ3n) is 1.66. The van der Waals surface area contributed by atoms with Crippen LogP contribution in [-0.4, -0.2) is 13.1 Å². The monoisotopic (exact) mass is 180 g/mol. The van der Waals surface area contributed by atoms with Crippen LogP contribution >= 0.6 is 0 Å². The van der Waals surface area contributed by atoms with Crippen LogP contribution < -0.4 is 0 Å². The molecule has 3 heteroatoms. The first kappa shape index (κ1) is 9.58. The molecule has 1 rings (SSSR count). The van der Waals surface area contributed by atoms with Crippen molar-refractivity contribution in [3.8, 4) is 0 Å². The van der Waals surface area contributed by atoms with Crippen molar-refractivity contribution in [1.29, 1.82) is 0 Å². The predicted molar refractivity (Wildman–Crippen MR) is 49.1 cm³/mol. The van der Waals surface area contributed by atoms with E-state index in [1.807, 2.05) is 19.1 Å². The van der Waals surface area contributed by atoms with Crippen molar-refractivity contribution in [2.75, 3.05) is 7.11 Å². The Labute approximate surface area is 77.0 Å². The van der Waals surface area contributed by atoms with Crippen molar-refractivity contribution in [3.05, 3.63) is 29.7 Å². The van der Waals surface area contributed by atoms with Crippen LogP contribution in [-0.2, 0) is 9.53 Å². The van der Waals surface area contributed by atoms with Gasteiger partial charge in [-0.2, -0.15) is 0 Å². The standard InChI is InChI=1S/C10H12O3/c1-7(6-10(11)12-3)9-5-4-8(2)13-9/h4-6H,1-3H3/b7-6+. The first-order valence-electron chi connectivity index (χ1n) is 3.96. The molecule has 0 bridgehead atoms. The number of allylic oxidation sites excluding steroid dienone is 1. The van der Waals surface area contributed by atoms with Gasteiger partial charge in [0.1, 0.15) is 11.5 Å². The number of hydrogen-bond donors (Lipinski definition) is 0. The Kier molecular flexibility index (Phi) is 2.90. The van der Waals surface area contributed by atoms with Crippen molar-refractivity contribution in [2.24, 2.45) is 0 Å². The molecule has 0 N–H and O–H groups in total. The first-order chi connectivity index (χ1) is 6.13. The summed E-state index contributed by atoms with van der Waals surface area (Å²) in [5.41, 5.74) is 0.764. The predicted octanol–water partition coefficient (Wildman–Crippen LogP) is 2.16. The highest BCUT2D eigenvalue weighted by Crippen LogP contribution is 2.16. The lowest BCUT2D eigenvalue weighted by Crippen LogP contribution is -1.95. The molecular formula is C10H12O3. The summed E-state index contributed by atoms with van der Waals surface area (Å²) in [6.45, 7) is 3.66. The van der Waals surface area contributed by atoms with Crippen LogP contribution in [0, 0.1) is 6.92 Å². The van der Waals surface area contributed by atoms with Gasteiger partial charge in [-0.3, -0.25) is 0 Å². The molecule has 13 heavy (non-hydrogen) atoms. The maximum atomic E-state index is 10.9. The molecule has 0 radical (unpaired) electrons. The van der Waals surface area contributed by atoms with Gasteiger partial charge in [0.05, 0.1) is 7.11 Å². The molecule has 0 saturated carbocycles. The van der Waals surface area contributed by atoms with Gasteiger partial charge in [-0.25, -0.2) is 4.79 Å². The third kappa shape index (κ3) is 2.47. The number of ether oxygens (including phenoxy) is 1. The number of rotatable bonds is 2. The average Bonchev–Trinajstić information content (AvgIpc) is 2.51. The van der Waals surface area contributed by atoms with Crippen molar-refractivity contribution < 1.29 is 13.9 Å². The lowest BCUT2D eigenvalue weighted by molar-refractivity contribution is -0.134. The zero-order valence-corrected chi connectivity index (χ0v) is 7.96. The van der Waals surface area contributed by atoms with Gasteiger partial charge in [-0.1, -0.05) is 0 Å². The SMILES string of the molecule is COC(=O)/C=C(\C)c1ccc(C)o1. The van der Waals surface area contributed by atoms with Crippen molar-refractivity contribution in [3.63, 3.8) is 0 Å². The Bertz CT molecular complexity index is 334. The average molecular weight is 180 g/mol. The fraction of sp³-hybridized carbons (Fsp3) is 0.300.